The van der Waals surface area contributed by atoms with Crippen molar-refractivity contribution in [2.24, 2.45) is 0 Å². The van der Waals surface area contributed by atoms with Crippen LogP contribution >= 0.6 is 10.8 Å². The molecule has 0 saturated heterocycles. The monoisotopic (exact) mass is 230 g/mol. The van der Waals surface area contributed by atoms with Gasteiger partial charge < -0.3 is 0 Å². The highest BCUT2D eigenvalue weighted by atomic mass is 33.1. The number of hydrogen-bond acceptors (Lipinski definition) is 3. The van der Waals surface area contributed by atoms with Crippen LogP contribution in [-0.2, 0) is 14.9 Å². The van der Waals surface area contributed by atoms with Crippen molar-refractivity contribution in [3.8, 4) is 0 Å². The van der Waals surface area contributed by atoms with E-state index >= 15 is 0 Å². The molecule has 3 nitrogen and oxygen atoms in total. The van der Waals surface area contributed by atoms with Gasteiger partial charge in [-0.05, 0) is 5.56 Å². The van der Waals surface area contributed by atoms with Gasteiger partial charge in [-0.15, -0.1) is 0 Å². The zero-order chi connectivity index (χ0) is 9.03. The summed E-state index contributed by atoms with van der Waals surface area (Å²) in [6.45, 7) is 0. The molecule has 70 valence electrons. The van der Waals surface area contributed by atoms with Crippen LogP contribution in [0.15, 0.2) is 30.3 Å². The second kappa shape index (κ2) is 5.87. The second-order valence-electron chi connectivity index (χ2n) is 2.18. The third-order valence-corrected chi connectivity index (χ3v) is 3.21. The van der Waals surface area contributed by atoms with Gasteiger partial charge in [-0.2, -0.15) is 8.42 Å². The molecular formula is C7H10MgO3S2. The Labute approximate surface area is 97.2 Å². The lowest BCUT2D eigenvalue weighted by molar-refractivity contribution is 0.503. The maximum absolute atomic E-state index is 10.3. The molecule has 0 spiro atoms. The summed E-state index contributed by atoms with van der Waals surface area (Å²) in [5.74, 6) is 0.277. The van der Waals surface area contributed by atoms with Crippen LogP contribution in [0.2, 0.25) is 0 Å². The SMILES string of the molecule is O=S(=O)(O)SCc1ccccc1.[MgH2]. The normalized spacial score (nSPS) is 10.5. The van der Waals surface area contributed by atoms with Crippen molar-refractivity contribution in [3.05, 3.63) is 35.9 Å². The minimum absolute atomic E-state index is 0. The van der Waals surface area contributed by atoms with E-state index in [1.807, 2.05) is 18.2 Å². The summed E-state index contributed by atoms with van der Waals surface area (Å²) in [6.07, 6.45) is 0. The maximum Gasteiger partial charge on any atom is 0.320 e. The lowest BCUT2D eigenvalue weighted by Crippen LogP contribution is -1.90. The summed E-state index contributed by atoms with van der Waals surface area (Å²) < 4.78 is 29.1. The first-order valence-corrected chi connectivity index (χ1v) is 6.18. The van der Waals surface area contributed by atoms with Crippen molar-refractivity contribution in [3.63, 3.8) is 0 Å². The van der Waals surface area contributed by atoms with Crippen LogP contribution in [0.4, 0.5) is 0 Å². The average Bonchev–Trinajstić information content (AvgIpc) is 2.02. The van der Waals surface area contributed by atoms with Crippen molar-refractivity contribution in [1.29, 1.82) is 0 Å². The van der Waals surface area contributed by atoms with Crippen molar-refractivity contribution >= 4 is 43.0 Å². The summed E-state index contributed by atoms with van der Waals surface area (Å²) in [7, 11) is -3.39. The van der Waals surface area contributed by atoms with Crippen LogP contribution in [0.5, 0.6) is 0 Å². The van der Waals surface area contributed by atoms with E-state index in [9.17, 15) is 8.42 Å². The van der Waals surface area contributed by atoms with Gasteiger partial charge in [0.25, 0.3) is 0 Å². The standard InChI is InChI=1S/C7H8O3S2.Mg.2H/c8-12(9,10)11-6-7-4-2-1-3-5-7;;;/h1-5H,6H2,(H,8,9,10);;;. The van der Waals surface area contributed by atoms with E-state index in [0.717, 1.165) is 5.56 Å². The van der Waals surface area contributed by atoms with Crippen molar-refractivity contribution < 1.29 is 13.0 Å². The second-order valence-corrected chi connectivity index (χ2v) is 5.53. The van der Waals surface area contributed by atoms with Crippen LogP contribution in [0.25, 0.3) is 0 Å². The predicted octanol–water partition coefficient (Wildman–Crippen LogP) is 0.806. The lowest BCUT2D eigenvalue weighted by Gasteiger charge is -1.96. The van der Waals surface area contributed by atoms with E-state index in [1.54, 1.807) is 12.1 Å². The summed E-state index contributed by atoms with van der Waals surface area (Å²) in [4.78, 5) is 0. The molecule has 1 aromatic carbocycles. The zero-order valence-corrected chi connectivity index (χ0v) is 7.81. The number of rotatable bonds is 3. The largest absolute Gasteiger partial charge is 0.320 e. The topological polar surface area (TPSA) is 54.4 Å². The minimum atomic E-state index is -3.91. The number of hydrogen-bond donors (Lipinski definition) is 1. The molecule has 0 unspecified atom stereocenters. The molecule has 0 saturated carbocycles. The minimum Gasteiger partial charge on any atom is -0.277 e. The molecule has 13 heavy (non-hydrogen) atoms. The van der Waals surface area contributed by atoms with Gasteiger partial charge in [0.1, 0.15) is 0 Å². The van der Waals surface area contributed by atoms with Crippen LogP contribution in [0, 0.1) is 0 Å². The van der Waals surface area contributed by atoms with E-state index in [-0.39, 0.29) is 28.8 Å². The fraction of sp³-hybridized carbons (Fsp3) is 0.143. The van der Waals surface area contributed by atoms with Crippen molar-refractivity contribution in [1.82, 2.24) is 0 Å². The molecular weight excluding hydrogens is 221 g/mol. The molecule has 1 aromatic rings. The third kappa shape index (κ3) is 6.33. The Balaban J connectivity index is 0.00000144. The predicted molar refractivity (Wildman–Crippen MR) is 57.8 cm³/mol. The van der Waals surface area contributed by atoms with E-state index in [0.29, 0.717) is 10.8 Å². The van der Waals surface area contributed by atoms with Crippen molar-refractivity contribution in [2.75, 3.05) is 0 Å². The molecule has 1 rings (SSSR count). The Morgan fingerprint density at radius 2 is 1.77 bits per heavy atom. The highest BCUT2D eigenvalue weighted by Gasteiger charge is 2.04. The van der Waals surface area contributed by atoms with Gasteiger partial charge in [0.15, 0.2) is 0 Å². The van der Waals surface area contributed by atoms with E-state index in [4.69, 9.17) is 4.55 Å². The van der Waals surface area contributed by atoms with E-state index in [1.165, 1.54) is 0 Å². The van der Waals surface area contributed by atoms with Gasteiger partial charge in [-0.25, -0.2) is 0 Å². The third-order valence-electron chi connectivity index (χ3n) is 1.22. The van der Waals surface area contributed by atoms with Gasteiger partial charge in [-0.1, -0.05) is 30.3 Å². The first-order chi connectivity index (χ1) is 5.58. The molecule has 0 heterocycles. The van der Waals surface area contributed by atoms with Gasteiger partial charge >= 0.3 is 32.2 Å². The van der Waals surface area contributed by atoms with E-state index in [2.05, 4.69) is 0 Å². The smallest absolute Gasteiger partial charge is 0.277 e. The van der Waals surface area contributed by atoms with Gasteiger partial charge in [-0.3, -0.25) is 4.55 Å². The van der Waals surface area contributed by atoms with Gasteiger partial charge in [0.05, 0.1) is 0 Å². The van der Waals surface area contributed by atoms with E-state index < -0.39 is 9.15 Å². The Morgan fingerprint density at radius 3 is 2.23 bits per heavy atom. The Morgan fingerprint density at radius 1 is 1.23 bits per heavy atom. The molecule has 0 fully saturated rings. The molecule has 1 N–H and O–H groups in total. The molecule has 0 atom stereocenters. The fourth-order valence-corrected chi connectivity index (χ4v) is 2.05. The van der Waals surface area contributed by atoms with Crippen molar-refractivity contribution in [2.45, 2.75) is 5.75 Å². The van der Waals surface area contributed by atoms with Gasteiger partial charge in [0, 0.05) is 16.5 Å². The number of benzene rings is 1. The van der Waals surface area contributed by atoms with Gasteiger partial charge in [0.2, 0.25) is 0 Å². The maximum atomic E-state index is 10.3. The molecule has 0 amide bonds. The van der Waals surface area contributed by atoms with Crippen LogP contribution in [0.3, 0.4) is 0 Å². The van der Waals surface area contributed by atoms with Crippen LogP contribution < -0.4 is 0 Å². The summed E-state index contributed by atoms with van der Waals surface area (Å²) in [6, 6.07) is 9.09. The lowest BCUT2D eigenvalue weighted by atomic mass is 10.2. The molecule has 0 aliphatic rings. The Bertz CT molecular complexity index is 336. The average molecular weight is 231 g/mol. The highest BCUT2D eigenvalue weighted by Crippen LogP contribution is 2.16. The molecule has 0 aliphatic carbocycles. The molecule has 0 radical (unpaired) electrons. The molecule has 6 heteroatoms. The quantitative estimate of drug-likeness (QED) is 0.474. The Hall–Kier alpha value is 0.246. The first kappa shape index (κ1) is 13.2. The Kier molecular flexibility index (Phi) is 5.98. The zero-order valence-electron chi connectivity index (χ0n) is 6.17. The van der Waals surface area contributed by atoms with Crippen LogP contribution in [-0.4, -0.2) is 36.0 Å². The summed E-state index contributed by atoms with van der Waals surface area (Å²) in [5.41, 5.74) is 0.875. The van der Waals surface area contributed by atoms with Crippen LogP contribution in [0.1, 0.15) is 5.56 Å². The molecule has 0 aliphatic heterocycles. The summed E-state index contributed by atoms with van der Waals surface area (Å²) in [5, 5.41) is 0. The highest BCUT2D eigenvalue weighted by molar-refractivity contribution is 8.69. The molecule has 0 bridgehead atoms. The summed E-state index contributed by atoms with van der Waals surface area (Å²) >= 11 is 0. The fourth-order valence-electron chi connectivity index (χ4n) is 0.717. The molecule has 0 aromatic heterocycles. The first-order valence-electron chi connectivity index (χ1n) is 3.24.